The van der Waals surface area contributed by atoms with Crippen LogP contribution in [0.5, 0.6) is 0 Å². The van der Waals surface area contributed by atoms with Crippen LogP contribution in [0.3, 0.4) is 0 Å². The highest BCUT2D eigenvalue weighted by Gasteiger charge is 2.06. The van der Waals surface area contributed by atoms with E-state index in [0.717, 1.165) is 16.7 Å². The van der Waals surface area contributed by atoms with Crippen LogP contribution < -0.4 is 5.56 Å². The molecule has 3 aromatic rings. The van der Waals surface area contributed by atoms with Crippen LogP contribution in [0.4, 0.5) is 4.39 Å². The molecule has 4 heteroatoms. The Bertz CT molecular complexity index is 853. The van der Waals surface area contributed by atoms with Crippen LogP contribution in [0, 0.1) is 12.7 Å². The van der Waals surface area contributed by atoms with Crippen molar-refractivity contribution in [1.82, 2.24) is 9.78 Å². The van der Waals surface area contributed by atoms with Crippen LogP contribution >= 0.6 is 0 Å². The molecule has 0 spiro atoms. The van der Waals surface area contributed by atoms with E-state index in [1.807, 2.05) is 31.2 Å². The number of aryl methyl sites for hydroxylation is 1. The highest BCUT2D eigenvalue weighted by Crippen LogP contribution is 2.16. The average Bonchev–Trinajstić information content (AvgIpc) is 2.52. The molecule has 1 heterocycles. The zero-order valence-electron chi connectivity index (χ0n) is 12.2. The number of nitrogens with zero attached hydrogens (tertiary/aromatic N) is 2. The summed E-state index contributed by atoms with van der Waals surface area (Å²) in [4.78, 5) is 12.0. The minimum atomic E-state index is -0.294. The van der Waals surface area contributed by atoms with Crippen LogP contribution in [0.2, 0.25) is 0 Å². The lowest BCUT2D eigenvalue weighted by molar-refractivity contribution is 0.627. The summed E-state index contributed by atoms with van der Waals surface area (Å²) in [5.74, 6) is -0.294. The molecule has 0 fully saturated rings. The van der Waals surface area contributed by atoms with Gasteiger partial charge in [-0.1, -0.05) is 24.3 Å². The van der Waals surface area contributed by atoms with Crippen molar-refractivity contribution in [3.8, 4) is 11.3 Å². The van der Waals surface area contributed by atoms with Gasteiger partial charge >= 0.3 is 0 Å². The number of hydrogen-bond donors (Lipinski definition) is 0. The van der Waals surface area contributed by atoms with Crippen molar-refractivity contribution in [3.05, 3.63) is 88.0 Å². The molecule has 1 aromatic heterocycles. The Morgan fingerprint density at radius 3 is 2.45 bits per heavy atom. The van der Waals surface area contributed by atoms with E-state index in [-0.39, 0.29) is 11.4 Å². The molecular formula is C18H15FN2O. The van der Waals surface area contributed by atoms with Gasteiger partial charge in [-0.05, 0) is 48.4 Å². The van der Waals surface area contributed by atoms with Crippen LogP contribution in [-0.4, -0.2) is 9.78 Å². The van der Waals surface area contributed by atoms with Crippen molar-refractivity contribution in [3.63, 3.8) is 0 Å². The molecule has 3 rings (SSSR count). The summed E-state index contributed by atoms with van der Waals surface area (Å²) >= 11 is 0. The molecule has 0 N–H and O–H groups in total. The summed E-state index contributed by atoms with van der Waals surface area (Å²) in [5, 5.41) is 4.39. The molecule has 0 saturated heterocycles. The summed E-state index contributed by atoms with van der Waals surface area (Å²) in [6.45, 7) is 2.42. The molecule has 0 aliphatic rings. The van der Waals surface area contributed by atoms with Crippen molar-refractivity contribution in [2.24, 2.45) is 0 Å². The molecule has 110 valence electrons. The zero-order chi connectivity index (χ0) is 15.5. The molecule has 22 heavy (non-hydrogen) atoms. The third-order valence-corrected chi connectivity index (χ3v) is 3.59. The Kier molecular flexibility index (Phi) is 3.83. The molecule has 3 nitrogen and oxygen atoms in total. The molecule has 0 radical (unpaired) electrons. The van der Waals surface area contributed by atoms with Gasteiger partial charge in [-0.2, -0.15) is 5.10 Å². The van der Waals surface area contributed by atoms with Gasteiger partial charge in [0.25, 0.3) is 5.56 Å². The zero-order valence-corrected chi connectivity index (χ0v) is 12.2. The lowest BCUT2D eigenvalue weighted by atomic mass is 10.1. The Labute approximate surface area is 127 Å². The molecule has 0 amide bonds. The first kappa shape index (κ1) is 14.2. The van der Waals surface area contributed by atoms with Gasteiger partial charge in [0.05, 0.1) is 12.2 Å². The number of aromatic nitrogens is 2. The van der Waals surface area contributed by atoms with Crippen LogP contribution in [0.1, 0.15) is 11.1 Å². The maximum Gasteiger partial charge on any atom is 0.267 e. The summed E-state index contributed by atoms with van der Waals surface area (Å²) in [6.07, 6.45) is 0. The van der Waals surface area contributed by atoms with E-state index in [9.17, 15) is 9.18 Å². The van der Waals surface area contributed by atoms with Gasteiger partial charge in [-0.25, -0.2) is 9.07 Å². The molecular weight excluding hydrogens is 279 g/mol. The second-order valence-electron chi connectivity index (χ2n) is 5.15. The average molecular weight is 294 g/mol. The maximum atomic E-state index is 13.0. The molecule has 0 bridgehead atoms. The summed E-state index contributed by atoms with van der Waals surface area (Å²) in [7, 11) is 0. The Morgan fingerprint density at radius 1 is 1.00 bits per heavy atom. The van der Waals surface area contributed by atoms with Crippen molar-refractivity contribution in [2.75, 3.05) is 0 Å². The number of hydrogen-bond acceptors (Lipinski definition) is 2. The van der Waals surface area contributed by atoms with Gasteiger partial charge in [-0.3, -0.25) is 4.79 Å². The number of benzene rings is 2. The fourth-order valence-corrected chi connectivity index (χ4v) is 2.29. The predicted octanol–water partition coefficient (Wildman–Crippen LogP) is 3.41. The van der Waals surface area contributed by atoms with E-state index in [1.165, 1.54) is 22.9 Å². The fourth-order valence-electron chi connectivity index (χ4n) is 2.29. The maximum absolute atomic E-state index is 13.0. The van der Waals surface area contributed by atoms with Gasteiger partial charge in [0, 0.05) is 11.6 Å². The second-order valence-corrected chi connectivity index (χ2v) is 5.15. The Hall–Kier alpha value is -2.75. The van der Waals surface area contributed by atoms with Crippen LogP contribution in [0.15, 0.2) is 65.5 Å². The highest BCUT2D eigenvalue weighted by atomic mass is 19.1. The minimum Gasteiger partial charge on any atom is -0.268 e. The Balaban J connectivity index is 1.98. The SMILES string of the molecule is Cc1ccccc1Cn1nc(-c2ccc(F)cc2)ccc1=O. The third kappa shape index (κ3) is 2.96. The molecule has 2 aromatic carbocycles. The monoisotopic (exact) mass is 294 g/mol. The van der Waals surface area contributed by atoms with Gasteiger partial charge in [0.15, 0.2) is 0 Å². The largest absolute Gasteiger partial charge is 0.268 e. The van der Waals surface area contributed by atoms with Crippen molar-refractivity contribution >= 4 is 0 Å². The molecule has 0 aliphatic carbocycles. The molecule has 0 unspecified atom stereocenters. The van der Waals surface area contributed by atoms with Gasteiger partial charge < -0.3 is 0 Å². The van der Waals surface area contributed by atoms with E-state index in [2.05, 4.69) is 5.10 Å². The third-order valence-electron chi connectivity index (χ3n) is 3.59. The lowest BCUT2D eigenvalue weighted by Crippen LogP contribution is -2.23. The van der Waals surface area contributed by atoms with Crippen molar-refractivity contribution in [2.45, 2.75) is 13.5 Å². The van der Waals surface area contributed by atoms with Crippen molar-refractivity contribution < 1.29 is 4.39 Å². The summed E-state index contributed by atoms with van der Waals surface area (Å²) < 4.78 is 14.4. The lowest BCUT2D eigenvalue weighted by Gasteiger charge is -2.09. The standard InChI is InChI=1S/C18H15FN2O/c1-13-4-2-3-5-15(13)12-21-18(22)11-10-17(20-21)14-6-8-16(19)9-7-14/h2-11H,12H2,1H3. The number of rotatable bonds is 3. The fraction of sp³-hybridized carbons (Fsp3) is 0.111. The molecule has 0 saturated carbocycles. The normalized spacial score (nSPS) is 10.6. The minimum absolute atomic E-state index is 0.158. The summed E-state index contributed by atoms with van der Waals surface area (Å²) in [6, 6.07) is 17.1. The first-order valence-electron chi connectivity index (χ1n) is 7.02. The van der Waals surface area contributed by atoms with Gasteiger partial charge in [0.1, 0.15) is 5.82 Å². The molecule has 0 aliphatic heterocycles. The topological polar surface area (TPSA) is 34.9 Å². The van der Waals surface area contributed by atoms with Gasteiger partial charge in [-0.15, -0.1) is 0 Å². The highest BCUT2D eigenvalue weighted by molar-refractivity contribution is 5.57. The Morgan fingerprint density at radius 2 is 1.73 bits per heavy atom. The van der Waals surface area contributed by atoms with Gasteiger partial charge in [0.2, 0.25) is 0 Å². The van der Waals surface area contributed by atoms with E-state index in [1.54, 1.807) is 18.2 Å². The predicted molar refractivity (Wildman–Crippen MR) is 84.2 cm³/mol. The quantitative estimate of drug-likeness (QED) is 0.742. The molecule has 0 atom stereocenters. The first-order valence-corrected chi connectivity index (χ1v) is 7.02. The van der Waals surface area contributed by atoms with E-state index in [4.69, 9.17) is 0 Å². The second kappa shape index (κ2) is 5.93. The van der Waals surface area contributed by atoms with Crippen molar-refractivity contribution in [1.29, 1.82) is 0 Å². The van der Waals surface area contributed by atoms with E-state index in [0.29, 0.717) is 12.2 Å². The number of halogens is 1. The van der Waals surface area contributed by atoms with Crippen LogP contribution in [0.25, 0.3) is 11.3 Å². The van der Waals surface area contributed by atoms with E-state index < -0.39 is 0 Å². The first-order chi connectivity index (χ1) is 10.6. The van der Waals surface area contributed by atoms with E-state index >= 15 is 0 Å². The van der Waals surface area contributed by atoms with Crippen LogP contribution in [-0.2, 0) is 6.54 Å². The summed E-state index contributed by atoms with van der Waals surface area (Å²) in [5.41, 5.74) is 3.43. The smallest absolute Gasteiger partial charge is 0.267 e.